The molecule has 4 nitrogen and oxygen atoms in total. The fraction of sp³-hybridized carbons (Fsp3) is 0.375. The molecule has 0 spiro atoms. The number of hydrogen-bond donors (Lipinski definition) is 0. The van der Waals surface area contributed by atoms with Crippen molar-refractivity contribution in [1.82, 2.24) is 19.3 Å². The fourth-order valence-corrected chi connectivity index (χ4v) is 2.94. The Labute approximate surface area is 129 Å². The van der Waals surface area contributed by atoms with Gasteiger partial charge < -0.3 is 0 Å². The summed E-state index contributed by atoms with van der Waals surface area (Å²) in [5.41, 5.74) is 5.33. The number of fused-ring (bicyclic) bond motifs is 1. The zero-order valence-electron chi connectivity index (χ0n) is 12.6. The highest BCUT2D eigenvalue weighted by molar-refractivity contribution is 6.17. The summed E-state index contributed by atoms with van der Waals surface area (Å²) in [6, 6.07) is 8.36. The van der Waals surface area contributed by atoms with Gasteiger partial charge in [-0.15, -0.1) is 11.6 Å². The van der Waals surface area contributed by atoms with Crippen LogP contribution in [0.25, 0.3) is 16.9 Å². The highest BCUT2D eigenvalue weighted by Gasteiger charge is 2.19. The molecule has 0 unspecified atom stereocenters. The summed E-state index contributed by atoms with van der Waals surface area (Å²) in [5, 5.41) is 4.61. The van der Waals surface area contributed by atoms with Crippen molar-refractivity contribution in [2.45, 2.75) is 32.6 Å². The second-order valence-electron chi connectivity index (χ2n) is 5.33. The lowest BCUT2D eigenvalue weighted by Crippen LogP contribution is -2.04. The van der Waals surface area contributed by atoms with Gasteiger partial charge >= 0.3 is 0 Å². The molecule has 0 aliphatic heterocycles. The molecule has 5 heteroatoms. The van der Waals surface area contributed by atoms with E-state index in [1.807, 2.05) is 11.7 Å². The van der Waals surface area contributed by atoms with E-state index in [9.17, 15) is 0 Å². The standard InChI is InChI=1S/C16H19ClN4/c1-4-6-13-15-16(20(3)19-13)21(14(10-17)18-15)12-8-5-7-11(2)9-12/h5,7-9H,4,6,10H2,1-3H3. The first-order chi connectivity index (χ1) is 10.2. The van der Waals surface area contributed by atoms with E-state index in [2.05, 4.69) is 47.8 Å². The molecular weight excluding hydrogens is 284 g/mol. The van der Waals surface area contributed by atoms with Gasteiger partial charge in [-0.05, 0) is 31.0 Å². The van der Waals surface area contributed by atoms with E-state index in [4.69, 9.17) is 16.6 Å². The summed E-state index contributed by atoms with van der Waals surface area (Å²) in [6.45, 7) is 4.24. The third kappa shape index (κ3) is 2.33. The van der Waals surface area contributed by atoms with Crippen molar-refractivity contribution in [2.75, 3.05) is 0 Å². The number of aromatic nitrogens is 4. The predicted molar refractivity (Wildman–Crippen MR) is 86.1 cm³/mol. The maximum atomic E-state index is 6.12. The van der Waals surface area contributed by atoms with Gasteiger partial charge in [0.2, 0.25) is 0 Å². The van der Waals surface area contributed by atoms with Gasteiger partial charge in [0.15, 0.2) is 5.65 Å². The van der Waals surface area contributed by atoms with Crippen molar-refractivity contribution in [3.63, 3.8) is 0 Å². The Balaban J connectivity index is 2.30. The maximum Gasteiger partial charge on any atom is 0.163 e. The lowest BCUT2D eigenvalue weighted by atomic mass is 10.2. The van der Waals surface area contributed by atoms with Crippen LogP contribution in [-0.4, -0.2) is 19.3 Å². The maximum absolute atomic E-state index is 6.12. The Kier molecular flexibility index (Phi) is 3.72. The van der Waals surface area contributed by atoms with Gasteiger partial charge in [0.1, 0.15) is 11.3 Å². The molecule has 0 bridgehead atoms. The van der Waals surface area contributed by atoms with E-state index in [-0.39, 0.29) is 0 Å². The van der Waals surface area contributed by atoms with Gasteiger partial charge in [0.25, 0.3) is 0 Å². The first-order valence-electron chi connectivity index (χ1n) is 7.22. The van der Waals surface area contributed by atoms with Crippen molar-refractivity contribution >= 4 is 22.8 Å². The zero-order chi connectivity index (χ0) is 15.0. The molecule has 0 saturated heterocycles. The van der Waals surface area contributed by atoms with Crippen LogP contribution in [0.15, 0.2) is 24.3 Å². The molecule has 0 fully saturated rings. The molecule has 0 amide bonds. The summed E-state index contributed by atoms with van der Waals surface area (Å²) >= 11 is 6.12. The number of benzene rings is 1. The fourth-order valence-electron chi connectivity index (χ4n) is 2.76. The van der Waals surface area contributed by atoms with E-state index in [0.717, 1.165) is 41.2 Å². The van der Waals surface area contributed by atoms with Crippen molar-refractivity contribution in [3.8, 4) is 5.69 Å². The molecule has 110 valence electrons. The molecule has 3 rings (SSSR count). The van der Waals surface area contributed by atoms with E-state index >= 15 is 0 Å². The molecule has 0 aliphatic carbocycles. The number of alkyl halides is 1. The summed E-state index contributed by atoms with van der Waals surface area (Å²) in [5.74, 6) is 1.25. The molecule has 0 saturated carbocycles. The number of halogens is 1. The van der Waals surface area contributed by atoms with Crippen molar-refractivity contribution in [2.24, 2.45) is 7.05 Å². The van der Waals surface area contributed by atoms with Gasteiger partial charge in [-0.25, -0.2) is 9.67 Å². The lowest BCUT2D eigenvalue weighted by molar-refractivity contribution is 0.732. The van der Waals surface area contributed by atoms with Crippen LogP contribution < -0.4 is 0 Å². The largest absolute Gasteiger partial charge is 0.280 e. The minimum absolute atomic E-state index is 0.383. The Morgan fingerprint density at radius 2 is 2.10 bits per heavy atom. The average Bonchev–Trinajstić information content (AvgIpc) is 2.98. The number of rotatable bonds is 4. The van der Waals surface area contributed by atoms with Crippen LogP contribution >= 0.6 is 11.6 Å². The van der Waals surface area contributed by atoms with Crippen LogP contribution in [-0.2, 0) is 19.3 Å². The molecular formula is C16H19ClN4. The molecule has 0 aliphatic rings. The van der Waals surface area contributed by atoms with E-state index < -0.39 is 0 Å². The van der Waals surface area contributed by atoms with Crippen LogP contribution in [0.5, 0.6) is 0 Å². The second kappa shape index (κ2) is 5.53. The van der Waals surface area contributed by atoms with Crippen LogP contribution in [0.1, 0.15) is 30.4 Å². The SMILES string of the molecule is CCCc1nn(C)c2c1nc(CCl)n2-c1cccc(C)c1. The number of aryl methyl sites for hydroxylation is 3. The topological polar surface area (TPSA) is 35.6 Å². The quantitative estimate of drug-likeness (QED) is 0.688. The van der Waals surface area contributed by atoms with Gasteiger partial charge in [0.05, 0.1) is 11.6 Å². The van der Waals surface area contributed by atoms with Crippen LogP contribution in [0, 0.1) is 6.92 Å². The first-order valence-corrected chi connectivity index (χ1v) is 7.75. The van der Waals surface area contributed by atoms with Gasteiger partial charge in [-0.2, -0.15) is 5.10 Å². The monoisotopic (exact) mass is 302 g/mol. The predicted octanol–water partition coefficient (Wildman–Crippen LogP) is 3.76. The average molecular weight is 303 g/mol. The Morgan fingerprint density at radius 1 is 1.29 bits per heavy atom. The Morgan fingerprint density at radius 3 is 2.76 bits per heavy atom. The molecule has 21 heavy (non-hydrogen) atoms. The Hall–Kier alpha value is -1.81. The highest BCUT2D eigenvalue weighted by atomic mass is 35.5. The van der Waals surface area contributed by atoms with E-state index in [1.54, 1.807) is 0 Å². The number of imidazole rings is 1. The first kappa shape index (κ1) is 14.1. The third-order valence-corrected chi connectivity index (χ3v) is 3.88. The molecule has 2 aromatic heterocycles. The molecule has 1 aromatic carbocycles. The van der Waals surface area contributed by atoms with E-state index in [1.165, 1.54) is 5.56 Å². The minimum atomic E-state index is 0.383. The molecule has 0 atom stereocenters. The van der Waals surface area contributed by atoms with Crippen molar-refractivity contribution in [3.05, 3.63) is 41.3 Å². The second-order valence-corrected chi connectivity index (χ2v) is 5.60. The molecule has 0 N–H and O–H groups in total. The summed E-state index contributed by atoms with van der Waals surface area (Å²) in [4.78, 5) is 4.72. The minimum Gasteiger partial charge on any atom is -0.280 e. The van der Waals surface area contributed by atoms with Gasteiger partial charge in [-0.3, -0.25) is 4.57 Å². The third-order valence-electron chi connectivity index (χ3n) is 3.64. The van der Waals surface area contributed by atoms with Crippen LogP contribution in [0.4, 0.5) is 0 Å². The van der Waals surface area contributed by atoms with Gasteiger partial charge in [-0.1, -0.05) is 25.5 Å². The molecule has 2 heterocycles. The smallest absolute Gasteiger partial charge is 0.163 e. The summed E-state index contributed by atoms with van der Waals surface area (Å²) in [7, 11) is 1.97. The van der Waals surface area contributed by atoms with Gasteiger partial charge in [0, 0.05) is 12.7 Å². The van der Waals surface area contributed by atoms with Crippen LogP contribution in [0.3, 0.4) is 0 Å². The lowest BCUT2D eigenvalue weighted by Gasteiger charge is -2.09. The summed E-state index contributed by atoms with van der Waals surface area (Å²) in [6.07, 6.45) is 1.99. The summed E-state index contributed by atoms with van der Waals surface area (Å²) < 4.78 is 4.02. The zero-order valence-corrected chi connectivity index (χ0v) is 13.4. The highest BCUT2D eigenvalue weighted by Crippen LogP contribution is 2.25. The normalized spacial score (nSPS) is 11.4. The van der Waals surface area contributed by atoms with Crippen molar-refractivity contribution in [1.29, 1.82) is 0 Å². The number of nitrogens with zero attached hydrogens (tertiary/aromatic N) is 4. The van der Waals surface area contributed by atoms with Crippen LogP contribution in [0.2, 0.25) is 0 Å². The number of hydrogen-bond acceptors (Lipinski definition) is 2. The molecule has 0 radical (unpaired) electrons. The van der Waals surface area contributed by atoms with Crippen molar-refractivity contribution < 1.29 is 0 Å². The van der Waals surface area contributed by atoms with E-state index in [0.29, 0.717) is 5.88 Å². The Bertz CT molecular complexity index is 785. The molecule has 3 aromatic rings.